The van der Waals surface area contributed by atoms with Crippen molar-refractivity contribution in [3.63, 3.8) is 0 Å². The fourth-order valence-corrected chi connectivity index (χ4v) is 4.63. The Labute approximate surface area is 235 Å². The zero-order chi connectivity index (χ0) is 28.0. The first kappa shape index (κ1) is 32.7. The van der Waals surface area contributed by atoms with Crippen molar-refractivity contribution in [2.45, 2.75) is 102 Å². The third-order valence-electron chi connectivity index (χ3n) is 6.73. The smallest absolute Gasteiger partial charge is 0.389 e. The van der Waals surface area contributed by atoms with E-state index in [2.05, 4.69) is 12.1 Å². The number of halogens is 5. The lowest BCUT2D eigenvalue weighted by Gasteiger charge is -2.22. The van der Waals surface area contributed by atoms with Crippen LogP contribution in [-0.4, -0.2) is 30.0 Å². The zero-order valence-corrected chi connectivity index (χ0v) is 23.9. The van der Waals surface area contributed by atoms with Gasteiger partial charge in [0.2, 0.25) is 0 Å². The van der Waals surface area contributed by atoms with Crippen molar-refractivity contribution in [3.05, 3.63) is 63.1 Å². The molecule has 1 unspecified atom stereocenters. The molecule has 0 amide bonds. The minimum Gasteiger partial charge on any atom is -0.493 e. The minimum atomic E-state index is -4.04. The normalized spacial score (nSPS) is 13.5. The molecule has 1 atom stereocenters. The van der Waals surface area contributed by atoms with Crippen LogP contribution in [0.4, 0.5) is 13.2 Å². The van der Waals surface area contributed by atoms with Crippen LogP contribution >= 0.6 is 23.2 Å². The molecule has 0 radical (unpaired) electrons. The molecule has 0 saturated carbocycles. The second-order valence-corrected chi connectivity index (χ2v) is 11.4. The van der Waals surface area contributed by atoms with E-state index in [1.807, 2.05) is 31.2 Å². The van der Waals surface area contributed by atoms with E-state index in [0.717, 1.165) is 80.2 Å². The zero-order valence-electron chi connectivity index (χ0n) is 22.4. The summed E-state index contributed by atoms with van der Waals surface area (Å²) in [6, 6.07) is 11.9. The molecule has 2 aromatic rings. The molecule has 0 heterocycles. The van der Waals surface area contributed by atoms with Gasteiger partial charge in [0.1, 0.15) is 5.75 Å². The highest BCUT2D eigenvalue weighted by molar-refractivity contribution is 6.42. The number of aliphatic hydroxyl groups excluding tert-OH is 1. The van der Waals surface area contributed by atoms with Crippen molar-refractivity contribution < 1.29 is 23.0 Å². The summed E-state index contributed by atoms with van der Waals surface area (Å²) in [6.45, 7) is 2.37. The van der Waals surface area contributed by atoms with Gasteiger partial charge >= 0.3 is 6.18 Å². The van der Waals surface area contributed by atoms with Gasteiger partial charge in [0, 0.05) is 12.0 Å². The molecule has 0 fully saturated rings. The van der Waals surface area contributed by atoms with Crippen molar-refractivity contribution in [2.24, 2.45) is 5.73 Å². The van der Waals surface area contributed by atoms with Crippen LogP contribution in [0.2, 0.25) is 10.0 Å². The van der Waals surface area contributed by atoms with E-state index in [4.69, 9.17) is 33.7 Å². The lowest BCUT2D eigenvalue weighted by molar-refractivity contribution is -0.135. The van der Waals surface area contributed by atoms with Gasteiger partial charge in [0.25, 0.3) is 0 Å². The largest absolute Gasteiger partial charge is 0.493 e. The summed E-state index contributed by atoms with van der Waals surface area (Å²) in [5, 5.41) is 10.6. The highest BCUT2D eigenvalue weighted by Gasteiger charge is 2.25. The van der Waals surface area contributed by atoms with Crippen LogP contribution in [0.25, 0.3) is 0 Å². The summed E-state index contributed by atoms with van der Waals surface area (Å²) in [4.78, 5) is 0. The highest BCUT2D eigenvalue weighted by atomic mass is 35.5. The Morgan fingerprint density at radius 3 is 2.05 bits per heavy atom. The SMILES string of the molecule is CC(N)(CO)CCc1ccc(OCCCc2ccc(Cl)c(Cl)c2)c(CCCCCCCCCC(F)(F)F)c1. The molecular formula is C30H42Cl2F3NO2. The van der Waals surface area contributed by atoms with E-state index >= 15 is 0 Å². The minimum absolute atomic E-state index is 0.0594. The van der Waals surface area contributed by atoms with E-state index < -0.39 is 18.1 Å². The molecule has 0 aromatic heterocycles. The molecule has 3 nitrogen and oxygen atoms in total. The summed E-state index contributed by atoms with van der Waals surface area (Å²) >= 11 is 12.1. The van der Waals surface area contributed by atoms with Crippen LogP contribution < -0.4 is 10.5 Å². The molecule has 2 rings (SSSR count). The maximum absolute atomic E-state index is 12.2. The van der Waals surface area contributed by atoms with E-state index in [0.29, 0.717) is 29.5 Å². The maximum Gasteiger partial charge on any atom is 0.389 e. The molecular weight excluding hydrogens is 534 g/mol. The van der Waals surface area contributed by atoms with Crippen molar-refractivity contribution in [3.8, 4) is 5.75 Å². The molecule has 0 aliphatic rings. The number of hydrogen-bond acceptors (Lipinski definition) is 3. The predicted molar refractivity (Wildman–Crippen MR) is 151 cm³/mol. The number of rotatable bonds is 18. The molecule has 0 spiro atoms. The quantitative estimate of drug-likeness (QED) is 0.174. The van der Waals surface area contributed by atoms with Gasteiger partial charge in [-0.2, -0.15) is 13.2 Å². The number of unbranched alkanes of at least 4 members (excludes halogenated alkanes) is 6. The van der Waals surface area contributed by atoms with Crippen LogP contribution in [0, 0.1) is 0 Å². The monoisotopic (exact) mass is 575 g/mol. The Hall–Kier alpha value is -1.47. The van der Waals surface area contributed by atoms with Gasteiger partial charge in [-0.15, -0.1) is 0 Å². The Bertz CT molecular complexity index is 967. The number of ether oxygens (including phenoxy) is 1. The van der Waals surface area contributed by atoms with Crippen molar-refractivity contribution in [2.75, 3.05) is 13.2 Å². The third kappa shape index (κ3) is 13.5. The Morgan fingerprint density at radius 1 is 0.763 bits per heavy atom. The van der Waals surface area contributed by atoms with Crippen molar-refractivity contribution >= 4 is 23.2 Å². The topological polar surface area (TPSA) is 55.5 Å². The van der Waals surface area contributed by atoms with Crippen molar-refractivity contribution in [1.82, 2.24) is 0 Å². The molecule has 0 saturated heterocycles. The van der Waals surface area contributed by atoms with E-state index in [9.17, 15) is 18.3 Å². The summed E-state index contributed by atoms with van der Waals surface area (Å²) in [5.74, 6) is 0.882. The van der Waals surface area contributed by atoms with Crippen LogP contribution in [0.1, 0.15) is 87.8 Å². The van der Waals surface area contributed by atoms with Gasteiger partial charge in [0.15, 0.2) is 0 Å². The van der Waals surface area contributed by atoms with Crippen LogP contribution in [0.15, 0.2) is 36.4 Å². The fraction of sp³-hybridized carbons (Fsp3) is 0.600. The van der Waals surface area contributed by atoms with Crippen LogP contribution in [0.3, 0.4) is 0 Å². The number of aryl methyl sites for hydroxylation is 3. The fourth-order valence-electron chi connectivity index (χ4n) is 4.31. The summed E-state index contributed by atoms with van der Waals surface area (Å²) < 4.78 is 42.9. The van der Waals surface area contributed by atoms with Gasteiger partial charge in [-0.3, -0.25) is 0 Å². The number of benzene rings is 2. The molecule has 0 aliphatic heterocycles. The molecule has 0 bridgehead atoms. The van der Waals surface area contributed by atoms with Crippen molar-refractivity contribution in [1.29, 1.82) is 0 Å². The van der Waals surface area contributed by atoms with E-state index in [-0.39, 0.29) is 13.0 Å². The molecule has 214 valence electrons. The lowest BCUT2D eigenvalue weighted by Crippen LogP contribution is -2.40. The summed E-state index contributed by atoms with van der Waals surface area (Å²) in [6.07, 6.45) is 5.01. The average Bonchev–Trinajstić information content (AvgIpc) is 2.86. The van der Waals surface area contributed by atoms with E-state index in [1.54, 1.807) is 0 Å². The highest BCUT2D eigenvalue weighted by Crippen LogP contribution is 2.27. The third-order valence-corrected chi connectivity index (χ3v) is 7.47. The first-order valence-electron chi connectivity index (χ1n) is 13.6. The summed E-state index contributed by atoms with van der Waals surface area (Å²) in [7, 11) is 0. The Kier molecular flexibility index (Phi) is 14.3. The lowest BCUT2D eigenvalue weighted by atomic mass is 9.93. The molecule has 0 aliphatic carbocycles. The van der Waals surface area contributed by atoms with Gasteiger partial charge in [0.05, 0.1) is 23.3 Å². The molecule has 3 N–H and O–H groups in total. The first-order valence-corrected chi connectivity index (χ1v) is 14.4. The number of nitrogens with two attached hydrogens (primary N) is 1. The predicted octanol–water partition coefficient (Wildman–Crippen LogP) is 8.87. The number of aliphatic hydroxyl groups is 1. The van der Waals surface area contributed by atoms with Gasteiger partial charge in [-0.05, 0) is 86.8 Å². The first-order chi connectivity index (χ1) is 18.0. The summed E-state index contributed by atoms with van der Waals surface area (Å²) in [5.41, 5.74) is 8.94. The second-order valence-electron chi connectivity index (χ2n) is 10.5. The molecule has 2 aromatic carbocycles. The molecule has 8 heteroatoms. The van der Waals surface area contributed by atoms with Gasteiger partial charge in [-0.1, -0.05) is 73.5 Å². The van der Waals surface area contributed by atoms with E-state index in [1.165, 1.54) is 0 Å². The van der Waals surface area contributed by atoms with Gasteiger partial charge < -0.3 is 15.6 Å². The average molecular weight is 577 g/mol. The standard InChI is InChI=1S/C30H42Cl2F3NO2/c1-29(36,22-37)18-16-24-13-15-28(38-19-9-10-23-12-14-26(31)27(32)21-23)25(20-24)11-7-5-3-2-4-6-8-17-30(33,34)35/h12-15,20-21,37H,2-11,16-19,22,36H2,1H3. The second kappa shape index (κ2) is 16.6. The molecule has 38 heavy (non-hydrogen) atoms. The van der Waals surface area contributed by atoms with Crippen LogP contribution in [-0.2, 0) is 19.3 Å². The van der Waals surface area contributed by atoms with Gasteiger partial charge in [-0.25, -0.2) is 0 Å². The Morgan fingerprint density at radius 2 is 1.39 bits per heavy atom. The number of hydrogen-bond donors (Lipinski definition) is 2. The van der Waals surface area contributed by atoms with Crippen LogP contribution in [0.5, 0.6) is 5.75 Å². The number of alkyl halides is 3. The Balaban J connectivity index is 1.85. The maximum atomic E-state index is 12.2.